The van der Waals surface area contributed by atoms with Crippen molar-refractivity contribution in [2.75, 3.05) is 20.4 Å². The van der Waals surface area contributed by atoms with Gasteiger partial charge in [-0.2, -0.15) is 0 Å². The summed E-state index contributed by atoms with van der Waals surface area (Å²) in [4.78, 5) is 15.3. The quantitative estimate of drug-likeness (QED) is 0.536. The molecule has 0 fully saturated rings. The van der Waals surface area contributed by atoms with E-state index < -0.39 is 0 Å². The van der Waals surface area contributed by atoms with Gasteiger partial charge in [0.1, 0.15) is 24.0 Å². The van der Waals surface area contributed by atoms with E-state index in [0.29, 0.717) is 30.3 Å². The van der Waals surface area contributed by atoms with Crippen molar-refractivity contribution in [3.05, 3.63) is 94.2 Å². The zero-order valence-corrected chi connectivity index (χ0v) is 18.3. The number of ether oxygens (including phenoxy) is 3. The largest absolute Gasteiger partial charge is 0.496 e. The van der Waals surface area contributed by atoms with E-state index in [-0.39, 0.29) is 5.78 Å². The first kappa shape index (κ1) is 20.3. The predicted octanol–water partition coefficient (Wildman–Crippen LogP) is 5.01. The number of carbonyl (C=O) groups is 1. The van der Waals surface area contributed by atoms with Crippen molar-refractivity contribution >= 4 is 11.9 Å². The molecule has 0 saturated carbocycles. The number of rotatable bonds is 5. The first-order valence-corrected chi connectivity index (χ1v) is 10.8. The van der Waals surface area contributed by atoms with E-state index in [2.05, 4.69) is 11.0 Å². The lowest BCUT2D eigenvalue weighted by Gasteiger charge is -2.30. The highest BCUT2D eigenvalue weighted by Gasteiger charge is 2.35. The molecule has 0 bridgehead atoms. The molecule has 0 amide bonds. The monoisotopic (exact) mass is 427 g/mol. The lowest BCUT2D eigenvalue weighted by molar-refractivity contribution is 0.0947. The molecule has 2 heterocycles. The van der Waals surface area contributed by atoms with Crippen LogP contribution in [0.3, 0.4) is 0 Å². The highest BCUT2D eigenvalue weighted by atomic mass is 16.5. The van der Waals surface area contributed by atoms with E-state index in [1.165, 1.54) is 0 Å². The van der Waals surface area contributed by atoms with Crippen LogP contribution in [0, 0.1) is 6.92 Å². The number of para-hydroxylation sites is 1. The number of ketones is 1. The fourth-order valence-corrected chi connectivity index (χ4v) is 4.31. The van der Waals surface area contributed by atoms with Crippen molar-refractivity contribution in [3.8, 4) is 17.2 Å². The van der Waals surface area contributed by atoms with Crippen molar-refractivity contribution < 1.29 is 19.0 Å². The van der Waals surface area contributed by atoms with Crippen LogP contribution in [0.1, 0.15) is 32.6 Å². The summed E-state index contributed by atoms with van der Waals surface area (Å²) in [7, 11) is 1.69. The normalized spacial score (nSPS) is 16.3. The third-order valence-corrected chi connectivity index (χ3v) is 5.97. The Hall–Kier alpha value is -3.57. The second-order valence-electron chi connectivity index (χ2n) is 8.11. The Bertz CT molecular complexity index is 1200. The minimum atomic E-state index is -0.0738. The van der Waals surface area contributed by atoms with Gasteiger partial charge < -0.3 is 14.2 Å². The molecule has 0 radical (unpaired) electrons. The van der Waals surface area contributed by atoms with Gasteiger partial charge in [0, 0.05) is 13.1 Å². The molecule has 5 rings (SSSR count). The summed E-state index contributed by atoms with van der Waals surface area (Å²) in [6.45, 7) is 3.91. The number of nitrogens with zero attached hydrogens (tertiary/aromatic N) is 1. The van der Waals surface area contributed by atoms with E-state index in [1.807, 2.05) is 61.5 Å². The Morgan fingerprint density at radius 3 is 2.69 bits per heavy atom. The lowest BCUT2D eigenvalue weighted by atomic mass is 9.98. The maximum absolute atomic E-state index is 13.1. The van der Waals surface area contributed by atoms with E-state index in [0.717, 1.165) is 46.7 Å². The van der Waals surface area contributed by atoms with Gasteiger partial charge in [0.05, 0.1) is 18.2 Å². The molecule has 0 atom stereocenters. The standard InChI is InChI=1S/C27H25NO4/c1-18-14-23-21(16-28(17-31-23)13-12-20-10-6-7-11-22(20)30-2)27-25(18)26(29)24(32-27)15-19-8-4-3-5-9-19/h3-11,14-15H,12-13,16-17H2,1-2H3/b24-15-. The predicted molar refractivity (Wildman–Crippen MR) is 123 cm³/mol. The van der Waals surface area contributed by atoms with E-state index >= 15 is 0 Å². The first-order chi connectivity index (χ1) is 15.6. The molecule has 0 unspecified atom stereocenters. The third kappa shape index (κ3) is 3.76. The second kappa shape index (κ2) is 8.52. The molecular formula is C27H25NO4. The molecule has 0 N–H and O–H groups in total. The molecule has 2 aliphatic heterocycles. The second-order valence-corrected chi connectivity index (χ2v) is 8.11. The number of Topliss-reactive ketones (excluding diaryl/α,β-unsaturated/α-hetero) is 1. The Morgan fingerprint density at radius 2 is 1.88 bits per heavy atom. The van der Waals surface area contributed by atoms with Gasteiger partial charge in [-0.3, -0.25) is 9.69 Å². The zero-order chi connectivity index (χ0) is 22.1. The molecule has 0 spiro atoms. The van der Waals surface area contributed by atoms with Crippen LogP contribution in [0.15, 0.2) is 66.4 Å². The van der Waals surface area contributed by atoms with Crippen molar-refractivity contribution in [1.82, 2.24) is 4.90 Å². The van der Waals surface area contributed by atoms with E-state index in [1.54, 1.807) is 13.2 Å². The molecule has 0 aliphatic carbocycles. The Labute approximate surface area is 187 Å². The summed E-state index contributed by atoms with van der Waals surface area (Å²) < 4.78 is 17.7. The van der Waals surface area contributed by atoms with Crippen molar-refractivity contribution in [1.29, 1.82) is 0 Å². The SMILES string of the molecule is COc1ccccc1CCN1COc2cc(C)c3c(c2C1)O/C(=C\c1ccccc1)C3=O. The average Bonchev–Trinajstić information content (AvgIpc) is 3.15. The van der Waals surface area contributed by atoms with E-state index in [9.17, 15) is 4.79 Å². The summed E-state index contributed by atoms with van der Waals surface area (Å²) in [5.41, 5.74) is 4.55. The number of carbonyl (C=O) groups excluding carboxylic acids is 1. The summed E-state index contributed by atoms with van der Waals surface area (Å²) in [6, 6.07) is 19.8. The van der Waals surface area contributed by atoms with Crippen LogP contribution in [-0.4, -0.2) is 31.1 Å². The summed E-state index contributed by atoms with van der Waals surface area (Å²) in [6.07, 6.45) is 2.65. The number of methoxy groups -OCH3 is 1. The maximum atomic E-state index is 13.1. The van der Waals surface area contributed by atoms with Gasteiger partial charge in [0.2, 0.25) is 5.78 Å². The van der Waals surface area contributed by atoms with E-state index in [4.69, 9.17) is 14.2 Å². The fraction of sp³-hybridized carbons (Fsp3) is 0.222. The van der Waals surface area contributed by atoms with Crippen LogP contribution in [0.5, 0.6) is 17.2 Å². The van der Waals surface area contributed by atoms with Gasteiger partial charge in [-0.15, -0.1) is 0 Å². The Balaban J connectivity index is 1.39. The van der Waals surface area contributed by atoms with Gasteiger partial charge >= 0.3 is 0 Å². The molecular weight excluding hydrogens is 402 g/mol. The lowest BCUT2D eigenvalue weighted by Crippen LogP contribution is -2.34. The third-order valence-electron chi connectivity index (χ3n) is 5.97. The van der Waals surface area contributed by atoms with Crippen molar-refractivity contribution in [2.45, 2.75) is 19.9 Å². The molecule has 162 valence electrons. The van der Waals surface area contributed by atoms with Crippen LogP contribution >= 0.6 is 0 Å². The van der Waals surface area contributed by atoms with Crippen LogP contribution in [-0.2, 0) is 13.0 Å². The number of hydrogen-bond acceptors (Lipinski definition) is 5. The molecule has 5 heteroatoms. The molecule has 5 nitrogen and oxygen atoms in total. The highest BCUT2D eigenvalue weighted by molar-refractivity contribution is 6.15. The van der Waals surface area contributed by atoms with Gasteiger partial charge in [0.25, 0.3) is 0 Å². The number of allylic oxidation sites excluding steroid dienone is 1. The molecule has 3 aromatic rings. The minimum absolute atomic E-state index is 0.0738. The van der Waals surface area contributed by atoms with Crippen LogP contribution < -0.4 is 14.2 Å². The zero-order valence-electron chi connectivity index (χ0n) is 18.3. The van der Waals surface area contributed by atoms with Crippen LogP contribution in [0.4, 0.5) is 0 Å². The molecule has 32 heavy (non-hydrogen) atoms. The maximum Gasteiger partial charge on any atom is 0.232 e. The molecule has 2 aliphatic rings. The summed E-state index contributed by atoms with van der Waals surface area (Å²) in [5.74, 6) is 2.61. The summed E-state index contributed by atoms with van der Waals surface area (Å²) >= 11 is 0. The molecule has 0 saturated heterocycles. The Kier molecular flexibility index (Phi) is 5.41. The minimum Gasteiger partial charge on any atom is -0.496 e. The summed E-state index contributed by atoms with van der Waals surface area (Å²) in [5, 5.41) is 0. The number of aryl methyl sites for hydroxylation is 1. The molecule has 3 aromatic carbocycles. The Morgan fingerprint density at radius 1 is 1.09 bits per heavy atom. The topological polar surface area (TPSA) is 48.0 Å². The number of benzene rings is 3. The van der Waals surface area contributed by atoms with Gasteiger partial charge in [-0.25, -0.2) is 0 Å². The van der Waals surface area contributed by atoms with Crippen LogP contribution in [0.25, 0.3) is 6.08 Å². The first-order valence-electron chi connectivity index (χ1n) is 10.8. The average molecular weight is 428 g/mol. The smallest absolute Gasteiger partial charge is 0.232 e. The van der Waals surface area contributed by atoms with Gasteiger partial charge in [0.15, 0.2) is 5.76 Å². The highest BCUT2D eigenvalue weighted by Crippen LogP contribution is 2.44. The van der Waals surface area contributed by atoms with Crippen LogP contribution in [0.2, 0.25) is 0 Å². The number of hydrogen-bond donors (Lipinski definition) is 0. The number of fused-ring (bicyclic) bond motifs is 3. The van der Waals surface area contributed by atoms with Crippen molar-refractivity contribution in [2.24, 2.45) is 0 Å². The fourth-order valence-electron chi connectivity index (χ4n) is 4.31. The molecule has 0 aromatic heterocycles. The van der Waals surface area contributed by atoms with Crippen molar-refractivity contribution in [3.63, 3.8) is 0 Å². The van der Waals surface area contributed by atoms with Gasteiger partial charge in [-0.1, -0.05) is 48.5 Å². The van der Waals surface area contributed by atoms with Gasteiger partial charge in [-0.05, 0) is 48.2 Å².